The van der Waals surface area contributed by atoms with Gasteiger partial charge in [-0.2, -0.15) is 5.10 Å². The van der Waals surface area contributed by atoms with Crippen molar-refractivity contribution in [1.82, 2.24) is 5.43 Å². The first-order valence-electron chi connectivity index (χ1n) is 7.46. The van der Waals surface area contributed by atoms with Crippen molar-refractivity contribution < 1.29 is 9.59 Å². The van der Waals surface area contributed by atoms with E-state index in [4.69, 9.17) is 0 Å². The normalized spacial score (nSPS) is 10.8. The molecular weight excluding hydrogens is 354 g/mol. The molecule has 7 heteroatoms. The van der Waals surface area contributed by atoms with E-state index in [0.29, 0.717) is 16.1 Å². The molecule has 1 aromatic carbocycles. The molecule has 2 aromatic heterocycles. The third-order valence-electron chi connectivity index (χ3n) is 3.41. The molecule has 0 aliphatic carbocycles. The van der Waals surface area contributed by atoms with Gasteiger partial charge in [0.25, 0.3) is 11.8 Å². The summed E-state index contributed by atoms with van der Waals surface area (Å²) in [5.41, 5.74) is 4.40. The minimum absolute atomic E-state index is 0.243. The average Bonchev–Trinajstić information content (AvgIpc) is 3.27. The van der Waals surface area contributed by atoms with Crippen molar-refractivity contribution in [2.24, 2.45) is 5.10 Å². The topological polar surface area (TPSA) is 70.6 Å². The Hall–Kier alpha value is -2.77. The molecule has 0 radical (unpaired) electrons. The summed E-state index contributed by atoms with van der Waals surface area (Å²) >= 11 is 2.89. The lowest BCUT2D eigenvalue weighted by atomic mass is 10.1. The summed E-state index contributed by atoms with van der Waals surface area (Å²) < 4.78 is 0. The lowest BCUT2D eigenvalue weighted by Crippen LogP contribution is -2.21. The van der Waals surface area contributed by atoms with E-state index in [1.807, 2.05) is 23.8 Å². The molecule has 0 aliphatic rings. The number of carbonyl (C=O) groups excluding carboxylic acids is 2. The predicted molar refractivity (Wildman–Crippen MR) is 103 cm³/mol. The van der Waals surface area contributed by atoms with Crippen LogP contribution in [0.25, 0.3) is 0 Å². The zero-order valence-electron chi connectivity index (χ0n) is 13.4. The third kappa shape index (κ3) is 4.20. The molecule has 0 atom stereocenters. The lowest BCUT2D eigenvalue weighted by Gasteiger charge is -2.09. The van der Waals surface area contributed by atoms with Crippen LogP contribution in [-0.2, 0) is 0 Å². The largest absolute Gasteiger partial charge is 0.321 e. The number of para-hydroxylation sites is 1. The second-order valence-corrected chi connectivity index (χ2v) is 7.04. The number of hydrogen-bond donors (Lipinski definition) is 2. The number of hydrazone groups is 1. The fraction of sp³-hybridized carbons (Fsp3) is 0.0556. The van der Waals surface area contributed by atoms with Gasteiger partial charge in [0.2, 0.25) is 0 Å². The van der Waals surface area contributed by atoms with Crippen LogP contribution in [0.1, 0.15) is 30.5 Å². The molecule has 0 saturated carbocycles. The highest BCUT2D eigenvalue weighted by Crippen LogP contribution is 2.18. The predicted octanol–water partition coefficient (Wildman–Crippen LogP) is 4.13. The molecule has 0 spiro atoms. The van der Waals surface area contributed by atoms with Crippen molar-refractivity contribution in [1.29, 1.82) is 0 Å². The van der Waals surface area contributed by atoms with Crippen LogP contribution >= 0.6 is 22.7 Å². The summed E-state index contributed by atoms with van der Waals surface area (Å²) in [5, 5.41) is 10.6. The Morgan fingerprint density at radius 2 is 1.84 bits per heavy atom. The first-order valence-corrected chi connectivity index (χ1v) is 9.22. The van der Waals surface area contributed by atoms with Crippen molar-refractivity contribution in [3.8, 4) is 0 Å². The fourth-order valence-corrected chi connectivity index (χ4v) is 3.51. The number of carbonyl (C=O) groups is 2. The van der Waals surface area contributed by atoms with Gasteiger partial charge in [-0.25, -0.2) is 5.43 Å². The van der Waals surface area contributed by atoms with Gasteiger partial charge in [-0.1, -0.05) is 18.2 Å². The van der Waals surface area contributed by atoms with Crippen LogP contribution < -0.4 is 10.7 Å². The summed E-state index contributed by atoms with van der Waals surface area (Å²) in [4.78, 5) is 26.1. The van der Waals surface area contributed by atoms with Gasteiger partial charge in [0.15, 0.2) is 0 Å². The average molecular weight is 369 g/mol. The number of hydrogen-bond acceptors (Lipinski definition) is 5. The number of thiophene rings is 2. The van der Waals surface area contributed by atoms with E-state index in [2.05, 4.69) is 15.8 Å². The van der Waals surface area contributed by atoms with Crippen LogP contribution in [0.2, 0.25) is 0 Å². The number of aryl methyl sites for hydroxylation is 1. The number of nitrogens with one attached hydrogen (secondary N) is 2. The number of anilines is 1. The Kier molecular flexibility index (Phi) is 5.37. The zero-order chi connectivity index (χ0) is 17.6. The monoisotopic (exact) mass is 369 g/mol. The van der Waals surface area contributed by atoms with E-state index < -0.39 is 0 Å². The Balaban J connectivity index is 1.71. The molecule has 3 rings (SSSR count). The Labute approximate surface area is 153 Å². The van der Waals surface area contributed by atoms with Crippen LogP contribution in [-0.4, -0.2) is 18.0 Å². The first kappa shape index (κ1) is 17.1. The smallest absolute Gasteiger partial charge is 0.273 e. The van der Waals surface area contributed by atoms with Crippen molar-refractivity contribution in [3.63, 3.8) is 0 Å². The van der Waals surface area contributed by atoms with Crippen molar-refractivity contribution in [2.45, 2.75) is 6.92 Å². The number of benzene rings is 1. The molecule has 5 nitrogen and oxygen atoms in total. The molecule has 0 fully saturated rings. The number of rotatable bonds is 5. The Morgan fingerprint density at radius 3 is 2.56 bits per heavy atom. The van der Waals surface area contributed by atoms with Gasteiger partial charge >= 0.3 is 0 Å². The van der Waals surface area contributed by atoms with E-state index >= 15 is 0 Å². The zero-order valence-corrected chi connectivity index (χ0v) is 15.0. The minimum atomic E-state index is -0.382. The molecule has 126 valence electrons. The van der Waals surface area contributed by atoms with E-state index in [0.717, 1.165) is 10.4 Å². The molecule has 0 bridgehead atoms. The highest BCUT2D eigenvalue weighted by Gasteiger charge is 2.14. The molecule has 2 amide bonds. The van der Waals surface area contributed by atoms with Gasteiger partial charge in [-0.05, 0) is 47.5 Å². The van der Waals surface area contributed by atoms with E-state index in [1.54, 1.807) is 53.9 Å². The van der Waals surface area contributed by atoms with E-state index in [9.17, 15) is 9.59 Å². The second kappa shape index (κ2) is 7.87. The van der Waals surface area contributed by atoms with Crippen LogP contribution in [0, 0.1) is 6.92 Å². The summed E-state index contributed by atoms with van der Waals surface area (Å²) in [7, 11) is 0. The van der Waals surface area contributed by atoms with E-state index in [-0.39, 0.29) is 11.8 Å². The van der Waals surface area contributed by atoms with Crippen LogP contribution in [0.15, 0.2) is 58.3 Å². The van der Waals surface area contributed by atoms with Crippen molar-refractivity contribution in [2.75, 3.05) is 5.32 Å². The van der Waals surface area contributed by atoms with Gasteiger partial charge in [0.1, 0.15) is 0 Å². The maximum atomic E-state index is 12.4. The van der Waals surface area contributed by atoms with Crippen molar-refractivity contribution >= 4 is 46.4 Å². The summed E-state index contributed by atoms with van der Waals surface area (Å²) in [6.07, 6.45) is 1.62. The summed E-state index contributed by atoms with van der Waals surface area (Å²) in [5.74, 6) is -0.625. The summed E-state index contributed by atoms with van der Waals surface area (Å²) in [6, 6.07) is 12.4. The second-order valence-electron chi connectivity index (χ2n) is 5.14. The third-order valence-corrected chi connectivity index (χ3v) is 5.24. The van der Waals surface area contributed by atoms with E-state index in [1.165, 1.54) is 11.3 Å². The molecule has 0 saturated heterocycles. The Morgan fingerprint density at radius 1 is 1.00 bits per heavy atom. The molecule has 25 heavy (non-hydrogen) atoms. The number of amides is 2. The lowest BCUT2D eigenvalue weighted by molar-refractivity contribution is 0.0956. The van der Waals surface area contributed by atoms with Gasteiger partial charge < -0.3 is 5.32 Å². The Bertz CT molecular complexity index is 914. The maximum absolute atomic E-state index is 12.4. The van der Waals surface area contributed by atoms with Gasteiger partial charge in [0.05, 0.1) is 22.3 Å². The van der Waals surface area contributed by atoms with Crippen LogP contribution in [0.4, 0.5) is 5.69 Å². The maximum Gasteiger partial charge on any atom is 0.273 e. The molecule has 2 heterocycles. The SMILES string of the molecule is Cc1ccsc1/C=N\NC(=O)c1ccccc1NC(=O)c1cccs1. The molecule has 0 unspecified atom stereocenters. The minimum Gasteiger partial charge on any atom is -0.321 e. The van der Waals surface area contributed by atoms with Gasteiger partial charge in [-0.15, -0.1) is 22.7 Å². The standard InChI is InChI=1S/C18H15N3O2S2/c1-12-8-10-25-16(12)11-19-21-17(22)13-5-2-3-6-14(13)20-18(23)15-7-4-9-24-15/h2-11H,1H3,(H,20,23)(H,21,22)/b19-11-. The van der Waals surface area contributed by atoms with Crippen LogP contribution in [0.3, 0.4) is 0 Å². The highest BCUT2D eigenvalue weighted by molar-refractivity contribution is 7.12. The summed E-state index contributed by atoms with van der Waals surface area (Å²) in [6.45, 7) is 1.98. The first-order chi connectivity index (χ1) is 12.1. The molecule has 0 aliphatic heterocycles. The molecule has 2 N–H and O–H groups in total. The number of nitrogens with zero attached hydrogens (tertiary/aromatic N) is 1. The van der Waals surface area contributed by atoms with Crippen LogP contribution in [0.5, 0.6) is 0 Å². The molecule has 3 aromatic rings. The fourth-order valence-electron chi connectivity index (χ4n) is 2.11. The van der Waals surface area contributed by atoms with Gasteiger partial charge in [-0.3, -0.25) is 9.59 Å². The van der Waals surface area contributed by atoms with Crippen molar-refractivity contribution in [3.05, 3.63) is 74.1 Å². The highest BCUT2D eigenvalue weighted by atomic mass is 32.1. The molecular formula is C18H15N3O2S2. The van der Waals surface area contributed by atoms with Gasteiger partial charge in [0, 0.05) is 4.88 Å². The quantitative estimate of drug-likeness (QED) is 0.524.